The number of aryl methyl sites for hydroxylation is 1. The van der Waals surface area contributed by atoms with Gasteiger partial charge in [0.15, 0.2) is 0 Å². The summed E-state index contributed by atoms with van der Waals surface area (Å²) < 4.78 is 25.9. The molecule has 2 aromatic rings. The maximum absolute atomic E-state index is 12.2. The van der Waals surface area contributed by atoms with E-state index in [0.29, 0.717) is 22.7 Å². The molecule has 0 saturated heterocycles. The van der Waals surface area contributed by atoms with Crippen LogP contribution in [0, 0.1) is 0 Å². The first kappa shape index (κ1) is 18.4. The third kappa shape index (κ3) is 5.31. The predicted octanol–water partition coefficient (Wildman–Crippen LogP) is 3.50. The van der Waals surface area contributed by atoms with Crippen LogP contribution in [0.25, 0.3) is 0 Å². The molecule has 0 radical (unpaired) electrons. The number of sulfonamides is 1. The van der Waals surface area contributed by atoms with Crippen molar-refractivity contribution in [3.8, 4) is 0 Å². The van der Waals surface area contributed by atoms with Gasteiger partial charge in [-0.3, -0.25) is 9.52 Å². The quantitative estimate of drug-likeness (QED) is 0.747. The van der Waals surface area contributed by atoms with Gasteiger partial charge in [0.25, 0.3) is 5.91 Å². The van der Waals surface area contributed by atoms with Gasteiger partial charge in [-0.05, 0) is 43.5 Å². The average Bonchev–Trinajstić information content (AvgIpc) is 2.98. The normalized spacial score (nSPS) is 11.2. The highest BCUT2D eigenvalue weighted by atomic mass is 32.2. The lowest BCUT2D eigenvalue weighted by Gasteiger charge is -2.08. The van der Waals surface area contributed by atoms with E-state index in [1.165, 1.54) is 11.3 Å². The van der Waals surface area contributed by atoms with Crippen molar-refractivity contribution < 1.29 is 13.2 Å². The van der Waals surface area contributed by atoms with Crippen LogP contribution in [0.3, 0.4) is 0 Å². The van der Waals surface area contributed by atoms with Crippen LogP contribution in [-0.4, -0.2) is 25.1 Å². The Labute approximate surface area is 146 Å². The van der Waals surface area contributed by atoms with Crippen LogP contribution in [0.4, 0.5) is 11.4 Å². The number of amides is 1. The molecule has 6 nitrogen and oxygen atoms in total. The summed E-state index contributed by atoms with van der Waals surface area (Å²) in [5, 5.41) is 3.73. The summed E-state index contributed by atoms with van der Waals surface area (Å²) >= 11 is 1.39. The number of nitrogens with one attached hydrogen (secondary N) is 2. The lowest BCUT2D eigenvalue weighted by atomic mass is 10.3. The van der Waals surface area contributed by atoms with E-state index in [-0.39, 0.29) is 11.7 Å². The maximum Gasteiger partial charge on any atom is 0.267 e. The van der Waals surface area contributed by atoms with Gasteiger partial charge in [-0.1, -0.05) is 13.8 Å². The minimum atomic E-state index is -3.31. The molecule has 1 heterocycles. The Morgan fingerprint density at radius 1 is 1.12 bits per heavy atom. The molecular formula is C16H21N3O3S2. The number of thiazole rings is 1. The molecule has 0 atom stereocenters. The van der Waals surface area contributed by atoms with Gasteiger partial charge in [-0.25, -0.2) is 13.4 Å². The van der Waals surface area contributed by atoms with Gasteiger partial charge in [0.05, 0.1) is 17.0 Å². The Morgan fingerprint density at radius 2 is 1.79 bits per heavy atom. The van der Waals surface area contributed by atoms with E-state index in [2.05, 4.69) is 21.9 Å². The van der Waals surface area contributed by atoms with Crippen molar-refractivity contribution in [3.05, 3.63) is 40.3 Å². The van der Waals surface area contributed by atoms with Crippen LogP contribution >= 0.6 is 11.3 Å². The summed E-state index contributed by atoms with van der Waals surface area (Å²) in [6.45, 7) is 3.88. The minimum absolute atomic E-state index is 0.0803. The SMILES string of the molecule is CCCc1ncc(C(=O)Nc2ccc(NS(=O)(=O)CCC)cc2)s1. The molecule has 2 N–H and O–H groups in total. The highest BCUT2D eigenvalue weighted by Crippen LogP contribution is 2.19. The first-order chi connectivity index (χ1) is 11.4. The van der Waals surface area contributed by atoms with Crippen molar-refractivity contribution in [1.82, 2.24) is 4.98 Å². The third-order valence-corrected chi connectivity index (χ3v) is 5.68. The third-order valence-electron chi connectivity index (χ3n) is 3.13. The summed E-state index contributed by atoms with van der Waals surface area (Å²) in [4.78, 5) is 17.0. The highest BCUT2D eigenvalue weighted by Gasteiger charge is 2.11. The molecule has 0 unspecified atom stereocenters. The number of carbonyl (C=O) groups is 1. The van der Waals surface area contributed by atoms with Crippen molar-refractivity contribution in [2.24, 2.45) is 0 Å². The van der Waals surface area contributed by atoms with E-state index in [1.54, 1.807) is 30.5 Å². The van der Waals surface area contributed by atoms with Gasteiger partial charge in [-0.15, -0.1) is 11.3 Å². The Hall–Kier alpha value is -1.93. The van der Waals surface area contributed by atoms with Gasteiger partial charge in [0, 0.05) is 11.4 Å². The van der Waals surface area contributed by atoms with E-state index in [4.69, 9.17) is 0 Å². The van der Waals surface area contributed by atoms with Gasteiger partial charge >= 0.3 is 0 Å². The van der Waals surface area contributed by atoms with E-state index in [9.17, 15) is 13.2 Å². The van der Waals surface area contributed by atoms with Crippen molar-refractivity contribution in [2.45, 2.75) is 33.1 Å². The first-order valence-corrected chi connectivity index (χ1v) is 10.3. The number of hydrogen-bond acceptors (Lipinski definition) is 5. The smallest absolute Gasteiger partial charge is 0.267 e. The van der Waals surface area contributed by atoms with E-state index in [1.807, 2.05) is 6.92 Å². The molecule has 0 fully saturated rings. The Kier molecular flexibility index (Phi) is 6.33. The van der Waals surface area contributed by atoms with Crippen LogP contribution < -0.4 is 10.0 Å². The Balaban J connectivity index is 1.99. The molecule has 24 heavy (non-hydrogen) atoms. The average molecular weight is 367 g/mol. The standard InChI is InChI=1S/C16H21N3O3S2/c1-3-5-15-17-11-14(23-15)16(20)18-12-6-8-13(9-7-12)19-24(21,22)10-4-2/h6-9,11,19H,3-5,10H2,1-2H3,(H,18,20). The molecule has 0 aliphatic carbocycles. The molecule has 2 rings (SSSR count). The topological polar surface area (TPSA) is 88.2 Å². The molecule has 1 aromatic carbocycles. The van der Waals surface area contributed by atoms with Crippen molar-refractivity contribution >= 4 is 38.6 Å². The van der Waals surface area contributed by atoms with E-state index < -0.39 is 10.0 Å². The van der Waals surface area contributed by atoms with Crippen LogP contribution in [0.15, 0.2) is 30.5 Å². The van der Waals surface area contributed by atoms with E-state index in [0.717, 1.165) is 17.8 Å². The molecule has 130 valence electrons. The van der Waals surface area contributed by atoms with Crippen molar-refractivity contribution in [2.75, 3.05) is 15.8 Å². The molecule has 1 aromatic heterocycles. The highest BCUT2D eigenvalue weighted by molar-refractivity contribution is 7.92. The summed E-state index contributed by atoms with van der Waals surface area (Å²) in [5.41, 5.74) is 1.08. The van der Waals surface area contributed by atoms with Crippen LogP contribution in [0.2, 0.25) is 0 Å². The molecule has 0 spiro atoms. The second-order valence-electron chi connectivity index (χ2n) is 5.32. The molecule has 1 amide bonds. The van der Waals surface area contributed by atoms with Crippen LogP contribution in [0.5, 0.6) is 0 Å². The Morgan fingerprint density at radius 3 is 2.42 bits per heavy atom. The number of anilines is 2. The van der Waals surface area contributed by atoms with Gasteiger partial charge < -0.3 is 5.32 Å². The fraction of sp³-hybridized carbons (Fsp3) is 0.375. The zero-order chi connectivity index (χ0) is 17.6. The van der Waals surface area contributed by atoms with Gasteiger partial charge in [0.2, 0.25) is 10.0 Å². The van der Waals surface area contributed by atoms with Crippen LogP contribution in [-0.2, 0) is 16.4 Å². The minimum Gasteiger partial charge on any atom is -0.321 e. The molecule has 0 saturated carbocycles. The number of carbonyl (C=O) groups excluding carboxylic acids is 1. The molecule has 0 bridgehead atoms. The fourth-order valence-electron chi connectivity index (χ4n) is 2.06. The molecule has 8 heteroatoms. The first-order valence-electron chi connectivity index (χ1n) is 7.80. The second kappa shape index (κ2) is 8.25. The van der Waals surface area contributed by atoms with Gasteiger partial charge in [-0.2, -0.15) is 0 Å². The number of benzene rings is 1. The lowest BCUT2D eigenvalue weighted by Crippen LogP contribution is -2.16. The summed E-state index contributed by atoms with van der Waals surface area (Å²) in [6, 6.07) is 6.57. The maximum atomic E-state index is 12.2. The zero-order valence-corrected chi connectivity index (χ0v) is 15.3. The number of hydrogen-bond donors (Lipinski definition) is 2. The fourth-order valence-corrected chi connectivity index (χ4v) is 4.11. The summed E-state index contributed by atoms with van der Waals surface area (Å²) in [7, 11) is -3.31. The van der Waals surface area contributed by atoms with Gasteiger partial charge in [0.1, 0.15) is 4.88 Å². The van der Waals surface area contributed by atoms with E-state index >= 15 is 0 Å². The van der Waals surface area contributed by atoms with Crippen molar-refractivity contribution in [3.63, 3.8) is 0 Å². The lowest BCUT2D eigenvalue weighted by molar-refractivity contribution is 0.103. The largest absolute Gasteiger partial charge is 0.321 e. The number of rotatable bonds is 8. The number of aromatic nitrogens is 1. The molecule has 0 aliphatic rings. The zero-order valence-electron chi connectivity index (χ0n) is 13.7. The summed E-state index contributed by atoms with van der Waals surface area (Å²) in [5.74, 6) is -0.133. The monoisotopic (exact) mass is 367 g/mol. The molecule has 0 aliphatic heterocycles. The number of nitrogens with zero attached hydrogens (tertiary/aromatic N) is 1. The van der Waals surface area contributed by atoms with Crippen molar-refractivity contribution in [1.29, 1.82) is 0 Å². The van der Waals surface area contributed by atoms with Crippen LogP contribution in [0.1, 0.15) is 41.4 Å². The second-order valence-corrected chi connectivity index (χ2v) is 8.28. The molecular weight excluding hydrogens is 346 g/mol. The predicted molar refractivity (Wildman–Crippen MR) is 98.2 cm³/mol. The summed E-state index contributed by atoms with van der Waals surface area (Å²) in [6.07, 6.45) is 3.99. The Bertz CT molecular complexity index is 783.